The summed E-state index contributed by atoms with van der Waals surface area (Å²) in [6, 6.07) is 8.23. The highest BCUT2D eigenvalue weighted by atomic mass is 128. The zero-order chi connectivity index (χ0) is 19.0. The molecule has 0 N–H and O–H groups in total. The number of nitrogens with zero attached hydrogens (tertiary/aromatic N) is 3. The third kappa shape index (κ3) is 5.56. The summed E-state index contributed by atoms with van der Waals surface area (Å²) in [6.07, 6.45) is 1.97. The molecule has 25 heavy (non-hydrogen) atoms. The van der Waals surface area contributed by atoms with Gasteiger partial charge < -0.3 is 4.57 Å². The summed E-state index contributed by atoms with van der Waals surface area (Å²) in [7, 11) is 2.07. The summed E-state index contributed by atoms with van der Waals surface area (Å²) in [5.41, 5.74) is 7.25. The van der Waals surface area contributed by atoms with E-state index in [1.54, 1.807) is 11.8 Å². The van der Waals surface area contributed by atoms with Crippen LogP contribution in [0.25, 0.3) is 11.0 Å². The molecule has 0 aliphatic carbocycles. The highest BCUT2D eigenvalue weighted by Crippen LogP contribution is 2.27. The van der Waals surface area contributed by atoms with Crippen LogP contribution in [0, 0.1) is 20.8 Å². The van der Waals surface area contributed by atoms with E-state index in [9.17, 15) is 0 Å². The number of aromatic nitrogens is 3. The molecule has 0 amide bonds. The number of benzene rings is 1. The predicted octanol–water partition coefficient (Wildman–Crippen LogP) is 6.98. The highest BCUT2D eigenvalue weighted by Gasteiger charge is 2.10. The second-order valence-corrected chi connectivity index (χ2v) is 6.31. The summed E-state index contributed by atoms with van der Waals surface area (Å²) in [4.78, 5) is 9.27. The molecule has 0 atom stereocenters. The van der Waals surface area contributed by atoms with Gasteiger partial charge in [0.15, 0.2) is 5.16 Å². The Labute approximate surface area is 178 Å². The van der Waals surface area contributed by atoms with Crippen LogP contribution >= 0.6 is 49.0 Å². The lowest BCUT2D eigenvalue weighted by Gasteiger charge is -2.09. The molecule has 2 heterocycles. The minimum Gasteiger partial charge on any atom is -0.322 e. The van der Waals surface area contributed by atoms with Crippen LogP contribution in [-0.2, 0) is 12.8 Å². The minimum atomic E-state index is 0.851. The van der Waals surface area contributed by atoms with Crippen molar-refractivity contribution in [1.82, 2.24) is 14.5 Å². The monoisotopic (exact) mass is 581 g/mol. The molecule has 0 saturated carbocycles. The van der Waals surface area contributed by atoms with Crippen LogP contribution < -0.4 is 0 Å². The first kappa shape index (κ1) is 22.7. The van der Waals surface area contributed by atoms with Crippen LogP contribution in [0.5, 0.6) is 0 Å². The van der Waals surface area contributed by atoms with E-state index in [4.69, 9.17) is 4.98 Å². The molecular formula is C19H25I2N3S. The molecule has 3 nitrogen and oxygen atoms in total. The van der Waals surface area contributed by atoms with Gasteiger partial charge in [-0.1, -0.05) is 37.7 Å². The minimum absolute atomic E-state index is 0.851. The van der Waals surface area contributed by atoms with Gasteiger partial charge in [-0.3, -0.25) is 4.98 Å². The Hall–Kier alpha value is -0.350. The van der Waals surface area contributed by atoms with E-state index in [2.05, 4.69) is 86.7 Å². The Bertz CT molecular complexity index is 816. The van der Waals surface area contributed by atoms with Crippen LogP contribution in [0.3, 0.4) is 0 Å². The largest absolute Gasteiger partial charge is 0.322 e. The second-order valence-electron chi connectivity index (χ2n) is 5.37. The zero-order valence-corrected chi connectivity index (χ0v) is 20.7. The van der Waals surface area contributed by atoms with Crippen LogP contribution in [0.15, 0.2) is 35.6 Å². The quantitative estimate of drug-likeness (QED) is 0.247. The van der Waals surface area contributed by atoms with Gasteiger partial charge in [0.05, 0.1) is 16.7 Å². The van der Waals surface area contributed by atoms with Crippen LogP contribution in [-0.4, -0.2) is 14.5 Å². The molecule has 0 aliphatic heterocycles. The van der Waals surface area contributed by atoms with E-state index in [1.165, 1.54) is 22.2 Å². The average molecular weight is 581 g/mol. The number of hydrogen-bond donors (Lipinski definition) is 0. The Morgan fingerprint density at radius 1 is 1.04 bits per heavy atom. The standard InChI is InChI=1S/C17H19N3S.C2H6.I2/c1-11-9-18-15(13(3)12(11)2)10-21-17-19-14-7-5-6-8-16(14)20(17)4;2*1-2/h5-9H,10H2,1-4H3;1-2H3;. The number of halogens is 2. The Kier molecular flexibility index (Phi) is 10.3. The molecule has 0 fully saturated rings. The number of para-hydroxylation sites is 2. The van der Waals surface area contributed by atoms with Crippen molar-refractivity contribution in [3.8, 4) is 0 Å². The molecule has 0 radical (unpaired) electrons. The number of fused-ring (bicyclic) bond motifs is 1. The lowest BCUT2D eigenvalue weighted by molar-refractivity contribution is 0.814. The number of aryl methyl sites for hydroxylation is 2. The van der Waals surface area contributed by atoms with Gasteiger partial charge in [0.2, 0.25) is 0 Å². The summed E-state index contributed by atoms with van der Waals surface area (Å²) < 4.78 is 2.15. The maximum atomic E-state index is 4.70. The van der Waals surface area contributed by atoms with E-state index >= 15 is 0 Å². The van der Waals surface area contributed by atoms with Gasteiger partial charge in [0, 0.05) is 56.2 Å². The van der Waals surface area contributed by atoms with Gasteiger partial charge in [0.1, 0.15) is 0 Å². The number of rotatable bonds is 3. The van der Waals surface area contributed by atoms with Crippen molar-refractivity contribution < 1.29 is 0 Å². The first-order chi connectivity index (χ1) is 12.1. The fraction of sp³-hybridized carbons (Fsp3) is 0.368. The number of hydrogen-bond acceptors (Lipinski definition) is 3. The second kappa shape index (κ2) is 11.4. The van der Waals surface area contributed by atoms with Crippen LogP contribution in [0.1, 0.15) is 36.2 Å². The Balaban J connectivity index is 0.000000730. The summed E-state index contributed by atoms with van der Waals surface area (Å²) in [6.45, 7) is 10.4. The van der Waals surface area contributed by atoms with Gasteiger partial charge in [-0.05, 0) is 49.6 Å². The normalized spacial score (nSPS) is 9.92. The third-order valence-corrected chi connectivity index (χ3v) is 5.13. The van der Waals surface area contributed by atoms with E-state index in [-0.39, 0.29) is 0 Å². The van der Waals surface area contributed by atoms with Crippen molar-refractivity contribution in [2.75, 3.05) is 0 Å². The smallest absolute Gasteiger partial charge is 0.169 e. The van der Waals surface area contributed by atoms with Crippen molar-refractivity contribution in [3.05, 3.63) is 52.8 Å². The Morgan fingerprint density at radius 2 is 1.68 bits per heavy atom. The van der Waals surface area contributed by atoms with E-state index in [1.807, 2.05) is 32.2 Å². The van der Waals surface area contributed by atoms with Crippen LogP contribution in [0.2, 0.25) is 0 Å². The molecule has 0 aliphatic rings. The summed E-state index contributed by atoms with van der Waals surface area (Å²) in [5, 5.41) is 1.04. The fourth-order valence-corrected chi connectivity index (χ4v) is 3.42. The van der Waals surface area contributed by atoms with Crippen molar-refractivity contribution in [3.63, 3.8) is 0 Å². The van der Waals surface area contributed by atoms with Gasteiger partial charge in [-0.15, -0.1) is 0 Å². The molecule has 136 valence electrons. The molecule has 0 bridgehead atoms. The van der Waals surface area contributed by atoms with Crippen LogP contribution in [0.4, 0.5) is 0 Å². The third-order valence-electron chi connectivity index (χ3n) is 4.09. The lowest BCUT2D eigenvalue weighted by atomic mass is 10.1. The van der Waals surface area contributed by atoms with Gasteiger partial charge in [-0.2, -0.15) is 0 Å². The van der Waals surface area contributed by atoms with Gasteiger partial charge in [-0.25, -0.2) is 4.98 Å². The van der Waals surface area contributed by atoms with E-state index in [0.29, 0.717) is 0 Å². The molecular weight excluding hydrogens is 556 g/mol. The SMILES string of the molecule is CC.Cc1cnc(CSc2nc3ccccc3n2C)c(C)c1C.II. The molecule has 0 unspecified atom stereocenters. The van der Waals surface area contributed by atoms with Crippen molar-refractivity contribution in [2.45, 2.75) is 45.5 Å². The topological polar surface area (TPSA) is 30.7 Å². The van der Waals surface area contributed by atoms with Crippen molar-refractivity contribution >= 4 is 60.0 Å². The first-order valence-electron chi connectivity index (χ1n) is 8.18. The van der Waals surface area contributed by atoms with Gasteiger partial charge in [0.25, 0.3) is 0 Å². The first-order valence-corrected chi connectivity index (χ1v) is 15.4. The molecule has 3 aromatic rings. The molecule has 1 aromatic carbocycles. The predicted molar refractivity (Wildman–Crippen MR) is 128 cm³/mol. The zero-order valence-electron chi connectivity index (χ0n) is 15.6. The molecule has 3 rings (SSSR count). The molecule has 0 saturated heterocycles. The van der Waals surface area contributed by atoms with Gasteiger partial charge >= 0.3 is 0 Å². The molecule has 6 heteroatoms. The lowest BCUT2D eigenvalue weighted by Crippen LogP contribution is -1.98. The highest BCUT2D eigenvalue weighted by molar-refractivity contribution is 15.0. The number of thioether (sulfide) groups is 1. The Morgan fingerprint density at radius 3 is 2.32 bits per heavy atom. The van der Waals surface area contributed by atoms with E-state index < -0.39 is 0 Å². The number of imidazole rings is 1. The summed E-state index contributed by atoms with van der Waals surface area (Å²) >= 11 is 5.98. The molecule has 0 spiro atoms. The maximum Gasteiger partial charge on any atom is 0.169 e. The number of pyridine rings is 1. The summed E-state index contributed by atoms with van der Waals surface area (Å²) in [5.74, 6) is 0.851. The molecule has 2 aromatic heterocycles. The average Bonchev–Trinajstić information content (AvgIpc) is 2.99. The van der Waals surface area contributed by atoms with Crippen molar-refractivity contribution in [2.24, 2.45) is 7.05 Å². The maximum absolute atomic E-state index is 4.70. The van der Waals surface area contributed by atoms with E-state index in [0.717, 1.165) is 22.1 Å². The fourth-order valence-electron chi connectivity index (χ4n) is 2.41. The van der Waals surface area contributed by atoms with Crippen molar-refractivity contribution in [1.29, 1.82) is 0 Å².